The van der Waals surface area contributed by atoms with Gasteiger partial charge in [-0.15, -0.1) is 0 Å². The molecule has 0 saturated heterocycles. The number of phenolic OH excluding ortho intramolecular Hbond substituents is 1. The lowest BCUT2D eigenvalue weighted by atomic mass is 10.1. The van der Waals surface area contributed by atoms with Crippen molar-refractivity contribution in [2.75, 3.05) is 18.6 Å². The average molecular weight is 245 g/mol. The molecule has 94 valence electrons. The number of nitrogens with zero attached hydrogens (tertiary/aromatic N) is 1. The molecule has 0 saturated carbocycles. The highest BCUT2D eigenvalue weighted by molar-refractivity contribution is 6.03. The van der Waals surface area contributed by atoms with Crippen LogP contribution in [0, 0.1) is 0 Å². The molecule has 0 aromatic heterocycles. The molecule has 18 heavy (non-hydrogen) atoms. The maximum Gasteiger partial charge on any atom is 0.414 e. The number of benzene rings is 2. The summed E-state index contributed by atoms with van der Waals surface area (Å²) in [7, 11) is 1.58. The molecule has 0 fully saturated rings. The minimum Gasteiger partial charge on any atom is -0.506 e. The third kappa shape index (κ3) is 2.09. The molecule has 2 rings (SSSR count). The monoisotopic (exact) mass is 245 g/mol. The van der Waals surface area contributed by atoms with Gasteiger partial charge in [0.05, 0.1) is 12.3 Å². The minimum absolute atomic E-state index is 0.0595. The zero-order chi connectivity index (χ0) is 13.1. The minimum atomic E-state index is -0.482. The van der Waals surface area contributed by atoms with E-state index < -0.39 is 6.09 Å². The van der Waals surface area contributed by atoms with E-state index in [9.17, 15) is 9.90 Å². The average Bonchev–Trinajstić information content (AvgIpc) is 2.38. The summed E-state index contributed by atoms with van der Waals surface area (Å²) in [5.41, 5.74) is 0.464. The van der Waals surface area contributed by atoms with Crippen LogP contribution in [0.15, 0.2) is 36.4 Å². The third-order valence-electron chi connectivity index (χ3n) is 2.76. The van der Waals surface area contributed by atoms with Crippen LogP contribution in [0.2, 0.25) is 0 Å². The van der Waals surface area contributed by atoms with Gasteiger partial charge in [-0.25, -0.2) is 4.79 Å². The van der Waals surface area contributed by atoms with Crippen molar-refractivity contribution in [3.63, 3.8) is 0 Å². The Morgan fingerprint density at radius 3 is 2.72 bits per heavy atom. The van der Waals surface area contributed by atoms with Gasteiger partial charge in [-0.3, -0.25) is 4.90 Å². The fourth-order valence-electron chi connectivity index (χ4n) is 1.91. The topological polar surface area (TPSA) is 49.8 Å². The molecule has 1 N–H and O–H groups in total. The van der Waals surface area contributed by atoms with Crippen LogP contribution in [-0.2, 0) is 4.74 Å². The van der Waals surface area contributed by atoms with Crippen molar-refractivity contribution in [2.24, 2.45) is 0 Å². The zero-order valence-electron chi connectivity index (χ0n) is 10.4. The van der Waals surface area contributed by atoms with Crippen LogP contribution in [0.5, 0.6) is 5.75 Å². The predicted octanol–water partition coefficient (Wildman–Crippen LogP) is 3.14. The number of hydrogen-bond donors (Lipinski definition) is 1. The van der Waals surface area contributed by atoms with E-state index in [1.807, 2.05) is 30.3 Å². The first kappa shape index (κ1) is 12.2. The van der Waals surface area contributed by atoms with Crippen molar-refractivity contribution in [2.45, 2.75) is 6.92 Å². The standard InChI is InChI=1S/C14H15NO3/c1-3-18-14(17)15(2)13-11-7-5-4-6-10(11)8-9-12(13)16/h4-9,16H,3H2,1-2H3. The molecule has 0 atom stereocenters. The molecular formula is C14H15NO3. The lowest BCUT2D eigenvalue weighted by Gasteiger charge is -2.19. The molecule has 0 unspecified atom stereocenters. The van der Waals surface area contributed by atoms with E-state index in [0.717, 1.165) is 10.8 Å². The Kier molecular flexibility index (Phi) is 3.37. The highest BCUT2D eigenvalue weighted by Gasteiger charge is 2.18. The smallest absolute Gasteiger partial charge is 0.414 e. The fourth-order valence-corrected chi connectivity index (χ4v) is 1.91. The summed E-state index contributed by atoms with van der Waals surface area (Å²) < 4.78 is 4.94. The summed E-state index contributed by atoms with van der Waals surface area (Å²) in [4.78, 5) is 13.1. The van der Waals surface area contributed by atoms with Crippen molar-refractivity contribution < 1.29 is 14.6 Å². The molecular weight excluding hydrogens is 230 g/mol. The summed E-state index contributed by atoms with van der Waals surface area (Å²) in [5.74, 6) is 0.0595. The second-order valence-corrected chi connectivity index (χ2v) is 3.91. The van der Waals surface area contributed by atoms with Gasteiger partial charge >= 0.3 is 6.09 Å². The van der Waals surface area contributed by atoms with Crippen LogP contribution in [0.3, 0.4) is 0 Å². The summed E-state index contributed by atoms with van der Waals surface area (Å²) in [6.45, 7) is 2.05. The molecule has 4 heteroatoms. The number of carbonyl (C=O) groups is 1. The largest absolute Gasteiger partial charge is 0.506 e. The highest BCUT2D eigenvalue weighted by Crippen LogP contribution is 2.35. The molecule has 0 radical (unpaired) electrons. The van der Waals surface area contributed by atoms with E-state index in [0.29, 0.717) is 12.3 Å². The van der Waals surface area contributed by atoms with Crippen molar-refractivity contribution in [1.82, 2.24) is 0 Å². The fraction of sp³-hybridized carbons (Fsp3) is 0.214. The number of amides is 1. The van der Waals surface area contributed by atoms with Gasteiger partial charge in [0, 0.05) is 12.4 Å². The molecule has 0 aliphatic rings. The summed E-state index contributed by atoms with van der Waals surface area (Å²) in [5, 5.41) is 11.7. The van der Waals surface area contributed by atoms with Crippen LogP contribution in [0.1, 0.15) is 6.92 Å². The van der Waals surface area contributed by atoms with Crippen molar-refractivity contribution in [3.8, 4) is 5.75 Å². The molecule has 4 nitrogen and oxygen atoms in total. The lowest BCUT2D eigenvalue weighted by molar-refractivity contribution is 0.161. The summed E-state index contributed by atoms with van der Waals surface area (Å²) in [6.07, 6.45) is -0.482. The van der Waals surface area contributed by atoms with Gasteiger partial charge in [0.15, 0.2) is 0 Å². The van der Waals surface area contributed by atoms with Gasteiger partial charge in [0.2, 0.25) is 0 Å². The number of hydrogen-bond acceptors (Lipinski definition) is 3. The van der Waals surface area contributed by atoms with Crippen LogP contribution < -0.4 is 4.90 Å². The lowest BCUT2D eigenvalue weighted by Crippen LogP contribution is -2.27. The number of ether oxygens (including phenoxy) is 1. The maximum absolute atomic E-state index is 11.7. The van der Waals surface area contributed by atoms with Gasteiger partial charge in [-0.2, -0.15) is 0 Å². The van der Waals surface area contributed by atoms with E-state index in [1.165, 1.54) is 4.90 Å². The van der Waals surface area contributed by atoms with Crippen molar-refractivity contribution in [3.05, 3.63) is 36.4 Å². The van der Waals surface area contributed by atoms with Crippen LogP contribution in [0.25, 0.3) is 10.8 Å². The van der Waals surface area contributed by atoms with E-state index in [2.05, 4.69) is 0 Å². The van der Waals surface area contributed by atoms with E-state index in [-0.39, 0.29) is 5.75 Å². The van der Waals surface area contributed by atoms with E-state index >= 15 is 0 Å². The second-order valence-electron chi connectivity index (χ2n) is 3.91. The van der Waals surface area contributed by atoms with E-state index in [1.54, 1.807) is 20.0 Å². The Bertz CT molecular complexity index is 580. The maximum atomic E-state index is 11.7. The number of aromatic hydroxyl groups is 1. The zero-order valence-corrected chi connectivity index (χ0v) is 10.4. The molecule has 0 heterocycles. The number of fused-ring (bicyclic) bond motifs is 1. The predicted molar refractivity (Wildman–Crippen MR) is 71.0 cm³/mol. The first-order chi connectivity index (χ1) is 8.65. The Morgan fingerprint density at radius 2 is 2.00 bits per heavy atom. The molecule has 0 spiro atoms. The number of rotatable bonds is 2. The van der Waals surface area contributed by atoms with Gasteiger partial charge in [0.25, 0.3) is 0 Å². The van der Waals surface area contributed by atoms with Crippen LogP contribution >= 0.6 is 0 Å². The first-order valence-corrected chi connectivity index (χ1v) is 5.76. The SMILES string of the molecule is CCOC(=O)N(C)c1c(O)ccc2ccccc12. The Morgan fingerprint density at radius 1 is 1.28 bits per heavy atom. The highest BCUT2D eigenvalue weighted by atomic mass is 16.6. The number of phenols is 1. The quantitative estimate of drug-likeness (QED) is 0.884. The molecule has 1 amide bonds. The van der Waals surface area contributed by atoms with Gasteiger partial charge in [-0.05, 0) is 18.4 Å². The molecule has 2 aromatic rings. The second kappa shape index (κ2) is 4.96. The summed E-state index contributed by atoms with van der Waals surface area (Å²) >= 11 is 0. The van der Waals surface area contributed by atoms with E-state index in [4.69, 9.17) is 4.74 Å². The van der Waals surface area contributed by atoms with Crippen LogP contribution in [0.4, 0.5) is 10.5 Å². The Hall–Kier alpha value is -2.23. The number of anilines is 1. The van der Waals surface area contributed by atoms with Gasteiger partial charge < -0.3 is 9.84 Å². The molecule has 0 aliphatic heterocycles. The van der Waals surface area contributed by atoms with Crippen molar-refractivity contribution >= 4 is 22.6 Å². The van der Waals surface area contributed by atoms with Crippen molar-refractivity contribution in [1.29, 1.82) is 0 Å². The molecule has 0 aliphatic carbocycles. The normalized spacial score (nSPS) is 10.3. The Labute approximate surface area is 105 Å². The number of carbonyl (C=O) groups excluding carboxylic acids is 1. The van der Waals surface area contributed by atoms with Gasteiger partial charge in [-0.1, -0.05) is 30.3 Å². The Balaban J connectivity index is 2.55. The molecule has 2 aromatic carbocycles. The summed E-state index contributed by atoms with van der Waals surface area (Å²) in [6, 6.07) is 11.0. The third-order valence-corrected chi connectivity index (χ3v) is 2.76. The molecule has 0 bridgehead atoms. The first-order valence-electron chi connectivity index (χ1n) is 5.76. The van der Waals surface area contributed by atoms with Crippen LogP contribution in [-0.4, -0.2) is 24.9 Å². The van der Waals surface area contributed by atoms with Gasteiger partial charge in [0.1, 0.15) is 5.75 Å².